The van der Waals surface area contributed by atoms with Crippen molar-refractivity contribution in [3.8, 4) is 0 Å². The van der Waals surface area contributed by atoms with E-state index in [1.807, 2.05) is 0 Å². The van der Waals surface area contributed by atoms with Gasteiger partial charge in [-0.25, -0.2) is 0 Å². The lowest BCUT2D eigenvalue weighted by Crippen LogP contribution is -2.44. The number of nitrogens with two attached hydrogens (primary N) is 1. The molecule has 0 amide bonds. The summed E-state index contributed by atoms with van der Waals surface area (Å²) in [5.74, 6) is 0.603. The summed E-state index contributed by atoms with van der Waals surface area (Å²) >= 11 is 0. The van der Waals surface area contributed by atoms with Gasteiger partial charge in [-0.2, -0.15) is 0 Å². The molecule has 17 heavy (non-hydrogen) atoms. The molecule has 0 saturated heterocycles. The number of nitrogens with zero attached hydrogens (tertiary/aromatic N) is 1. The second-order valence-electron chi connectivity index (χ2n) is 5.33. The fraction of sp³-hybridized carbons (Fsp3) is 0.600. The quantitative estimate of drug-likeness (QED) is 0.868. The van der Waals surface area contributed by atoms with E-state index in [0.29, 0.717) is 12.0 Å². The van der Waals surface area contributed by atoms with Crippen LogP contribution in [0, 0.1) is 5.92 Å². The van der Waals surface area contributed by atoms with Gasteiger partial charge in [-0.1, -0.05) is 32.0 Å². The molecule has 1 aromatic carbocycles. The van der Waals surface area contributed by atoms with Gasteiger partial charge in [-0.15, -0.1) is 0 Å². The van der Waals surface area contributed by atoms with Crippen LogP contribution in [0.2, 0.25) is 0 Å². The molecule has 2 rings (SSSR count). The first kappa shape index (κ1) is 12.4. The molecule has 0 radical (unpaired) electrons. The summed E-state index contributed by atoms with van der Waals surface area (Å²) in [6, 6.07) is 9.28. The van der Waals surface area contributed by atoms with Crippen LogP contribution in [0.3, 0.4) is 0 Å². The van der Waals surface area contributed by atoms with Crippen LogP contribution in [-0.4, -0.2) is 19.1 Å². The molecule has 1 aromatic rings. The van der Waals surface area contributed by atoms with Gasteiger partial charge in [0, 0.05) is 24.8 Å². The van der Waals surface area contributed by atoms with Crippen LogP contribution in [0.15, 0.2) is 24.3 Å². The summed E-state index contributed by atoms with van der Waals surface area (Å²) < 4.78 is 0. The van der Waals surface area contributed by atoms with E-state index in [4.69, 9.17) is 5.73 Å². The zero-order valence-corrected chi connectivity index (χ0v) is 11.0. The molecule has 0 fully saturated rings. The first-order chi connectivity index (χ1) is 8.24. The van der Waals surface area contributed by atoms with Crippen molar-refractivity contribution in [2.75, 3.05) is 18.0 Å². The maximum atomic E-state index is 5.97. The Bertz CT molecular complexity index is 360. The van der Waals surface area contributed by atoms with Gasteiger partial charge in [-0.3, -0.25) is 0 Å². The van der Waals surface area contributed by atoms with Crippen molar-refractivity contribution in [2.45, 2.75) is 39.2 Å². The van der Waals surface area contributed by atoms with Gasteiger partial charge in [0.1, 0.15) is 0 Å². The number of hydrogen-bond donors (Lipinski definition) is 1. The molecule has 1 aliphatic heterocycles. The Labute approximate surface area is 105 Å². The van der Waals surface area contributed by atoms with Gasteiger partial charge in [-0.05, 0) is 36.8 Å². The van der Waals surface area contributed by atoms with Gasteiger partial charge < -0.3 is 10.6 Å². The Morgan fingerprint density at radius 1 is 1.24 bits per heavy atom. The zero-order valence-electron chi connectivity index (χ0n) is 11.0. The van der Waals surface area contributed by atoms with Crippen molar-refractivity contribution >= 4 is 5.69 Å². The standard InChI is InChI=1S/C15H24N2/c1-12(2)15(11-16)17-10-6-5-8-13-7-3-4-9-14(13)17/h3-4,7,9,12,15H,5-6,8,10-11,16H2,1-2H3. The zero-order chi connectivity index (χ0) is 12.3. The molecule has 1 atom stereocenters. The van der Waals surface area contributed by atoms with Gasteiger partial charge in [0.25, 0.3) is 0 Å². The minimum atomic E-state index is 0.467. The molecule has 1 heterocycles. The summed E-state index contributed by atoms with van der Waals surface area (Å²) in [5, 5.41) is 0. The molecular weight excluding hydrogens is 208 g/mol. The largest absolute Gasteiger partial charge is 0.367 e. The Morgan fingerprint density at radius 2 is 2.00 bits per heavy atom. The summed E-state index contributed by atoms with van der Waals surface area (Å²) in [6.07, 6.45) is 3.78. The highest BCUT2D eigenvalue weighted by atomic mass is 15.2. The lowest BCUT2D eigenvalue weighted by Gasteiger charge is -2.35. The fourth-order valence-corrected chi connectivity index (χ4v) is 2.82. The topological polar surface area (TPSA) is 29.3 Å². The van der Waals surface area contributed by atoms with E-state index < -0.39 is 0 Å². The number of benzene rings is 1. The molecule has 2 N–H and O–H groups in total. The normalized spacial score (nSPS) is 17.8. The summed E-state index contributed by atoms with van der Waals surface area (Å²) in [7, 11) is 0. The second-order valence-corrected chi connectivity index (χ2v) is 5.33. The van der Waals surface area contributed by atoms with Crippen molar-refractivity contribution < 1.29 is 0 Å². The number of aryl methyl sites for hydroxylation is 1. The van der Waals surface area contributed by atoms with E-state index in [1.54, 1.807) is 0 Å². The number of para-hydroxylation sites is 1. The van der Waals surface area contributed by atoms with Crippen molar-refractivity contribution in [3.05, 3.63) is 29.8 Å². The van der Waals surface area contributed by atoms with E-state index >= 15 is 0 Å². The highest BCUT2D eigenvalue weighted by Crippen LogP contribution is 2.29. The fourth-order valence-electron chi connectivity index (χ4n) is 2.82. The van der Waals surface area contributed by atoms with Crippen molar-refractivity contribution in [1.29, 1.82) is 0 Å². The van der Waals surface area contributed by atoms with Crippen LogP contribution >= 0.6 is 0 Å². The van der Waals surface area contributed by atoms with Crippen molar-refractivity contribution in [1.82, 2.24) is 0 Å². The third-order valence-electron chi connectivity index (χ3n) is 3.81. The second kappa shape index (κ2) is 5.54. The monoisotopic (exact) mass is 232 g/mol. The first-order valence-electron chi connectivity index (χ1n) is 6.78. The minimum Gasteiger partial charge on any atom is -0.367 e. The van der Waals surface area contributed by atoms with Gasteiger partial charge in [0.2, 0.25) is 0 Å². The third-order valence-corrected chi connectivity index (χ3v) is 3.81. The van der Waals surface area contributed by atoms with Crippen LogP contribution in [0.25, 0.3) is 0 Å². The lowest BCUT2D eigenvalue weighted by molar-refractivity contribution is 0.458. The molecule has 0 aromatic heterocycles. The molecule has 1 unspecified atom stereocenters. The Morgan fingerprint density at radius 3 is 2.71 bits per heavy atom. The predicted molar refractivity (Wildman–Crippen MR) is 74.4 cm³/mol. The highest BCUT2D eigenvalue weighted by molar-refractivity contribution is 5.55. The van der Waals surface area contributed by atoms with Gasteiger partial charge >= 0.3 is 0 Å². The van der Waals surface area contributed by atoms with Gasteiger partial charge in [0.15, 0.2) is 0 Å². The van der Waals surface area contributed by atoms with Crippen molar-refractivity contribution in [2.24, 2.45) is 11.7 Å². The molecule has 1 aliphatic rings. The Hall–Kier alpha value is -1.02. The van der Waals surface area contributed by atoms with E-state index in [0.717, 1.165) is 13.1 Å². The smallest absolute Gasteiger partial charge is 0.0435 e. The molecule has 0 saturated carbocycles. The van der Waals surface area contributed by atoms with E-state index in [9.17, 15) is 0 Å². The van der Waals surface area contributed by atoms with Crippen LogP contribution < -0.4 is 10.6 Å². The van der Waals surface area contributed by atoms with Crippen LogP contribution in [-0.2, 0) is 6.42 Å². The maximum absolute atomic E-state index is 5.97. The Balaban J connectivity index is 2.33. The van der Waals surface area contributed by atoms with Crippen LogP contribution in [0.1, 0.15) is 32.3 Å². The highest BCUT2D eigenvalue weighted by Gasteiger charge is 2.23. The average Bonchev–Trinajstić information content (AvgIpc) is 2.53. The molecule has 2 nitrogen and oxygen atoms in total. The average molecular weight is 232 g/mol. The molecule has 2 heteroatoms. The predicted octanol–water partition coefficient (Wildman–Crippen LogP) is 2.81. The SMILES string of the molecule is CC(C)C(CN)N1CCCCc2ccccc21. The summed E-state index contributed by atoms with van der Waals surface area (Å²) in [5.41, 5.74) is 8.87. The molecule has 0 aliphatic carbocycles. The number of rotatable bonds is 3. The van der Waals surface area contributed by atoms with Gasteiger partial charge in [0.05, 0.1) is 0 Å². The molecule has 0 bridgehead atoms. The minimum absolute atomic E-state index is 0.467. The molecular formula is C15H24N2. The summed E-state index contributed by atoms with van der Waals surface area (Å²) in [6.45, 7) is 6.43. The van der Waals surface area contributed by atoms with E-state index in [1.165, 1.54) is 30.5 Å². The van der Waals surface area contributed by atoms with Crippen molar-refractivity contribution in [3.63, 3.8) is 0 Å². The summed E-state index contributed by atoms with van der Waals surface area (Å²) in [4.78, 5) is 2.53. The van der Waals surface area contributed by atoms with Crippen LogP contribution in [0.5, 0.6) is 0 Å². The first-order valence-corrected chi connectivity index (χ1v) is 6.78. The Kier molecular flexibility index (Phi) is 4.06. The molecule has 0 spiro atoms. The number of anilines is 1. The maximum Gasteiger partial charge on any atom is 0.0435 e. The number of fused-ring (bicyclic) bond motifs is 1. The molecule has 94 valence electrons. The number of hydrogen-bond acceptors (Lipinski definition) is 2. The van der Waals surface area contributed by atoms with E-state index in [2.05, 4.69) is 43.0 Å². The van der Waals surface area contributed by atoms with Crippen LogP contribution in [0.4, 0.5) is 5.69 Å². The van der Waals surface area contributed by atoms with E-state index in [-0.39, 0.29) is 0 Å². The lowest BCUT2D eigenvalue weighted by atomic mass is 10.0. The third kappa shape index (κ3) is 2.63.